The van der Waals surface area contributed by atoms with E-state index in [2.05, 4.69) is 58.7 Å². The summed E-state index contributed by atoms with van der Waals surface area (Å²) in [5.41, 5.74) is 8.14. The number of anilines is 1. The normalized spacial score (nSPS) is 11.1. The molecule has 178 valence electrons. The number of hydrogen-bond donors (Lipinski definition) is 1. The molecule has 0 bridgehead atoms. The van der Waals surface area contributed by atoms with Crippen molar-refractivity contribution in [2.45, 2.75) is 13.5 Å². The smallest absolute Gasteiger partial charge is 0.272 e. The predicted octanol–water partition coefficient (Wildman–Crippen LogP) is 6.75. The number of nitrogens with zero attached hydrogens (tertiary/aromatic N) is 3. The molecule has 0 aliphatic carbocycles. The van der Waals surface area contributed by atoms with E-state index in [1.807, 2.05) is 66.0 Å². The van der Waals surface area contributed by atoms with Gasteiger partial charge in [-0.1, -0.05) is 66.7 Å². The van der Waals surface area contributed by atoms with E-state index in [0.29, 0.717) is 5.56 Å². The standard InChI is InChI=1S/C30H26N4OS/c1-2-34(21-23-9-4-3-5-10-23)24-16-14-22(15-17-24)20-31-33-30(35)26-19-28(29-13-8-18-36-29)32-27-12-7-6-11-25(26)27/h3-20H,2,21H2,1H3,(H,33,35). The molecule has 5 rings (SSSR count). The van der Waals surface area contributed by atoms with Crippen molar-refractivity contribution in [2.75, 3.05) is 11.4 Å². The summed E-state index contributed by atoms with van der Waals surface area (Å²) in [6.45, 7) is 3.92. The number of rotatable bonds is 8. The zero-order valence-electron chi connectivity index (χ0n) is 20.0. The van der Waals surface area contributed by atoms with Crippen LogP contribution < -0.4 is 10.3 Å². The largest absolute Gasteiger partial charge is 0.367 e. The van der Waals surface area contributed by atoms with E-state index in [0.717, 1.165) is 45.8 Å². The van der Waals surface area contributed by atoms with E-state index in [1.165, 1.54) is 5.56 Å². The van der Waals surface area contributed by atoms with Gasteiger partial charge in [-0.3, -0.25) is 4.79 Å². The van der Waals surface area contributed by atoms with Gasteiger partial charge in [0.15, 0.2) is 0 Å². The highest BCUT2D eigenvalue weighted by Crippen LogP contribution is 2.28. The molecule has 5 aromatic rings. The second-order valence-corrected chi connectivity index (χ2v) is 9.29. The van der Waals surface area contributed by atoms with Crippen molar-refractivity contribution in [3.05, 3.63) is 119 Å². The van der Waals surface area contributed by atoms with Crippen LogP contribution in [0, 0.1) is 0 Å². The first-order valence-corrected chi connectivity index (χ1v) is 12.8. The maximum Gasteiger partial charge on any atom is 0.272 e. The van der Waals surface area contributed by atoms with Crippen LogP contribution in [0.4, 0.5) is 5.69 Å². The molecule has 0 saturated heterocycles. The van der Waals surface area contributed by atoms with Gasteiger partial charge < -0.3 is 4.90 Å². The van der Waals surface area contributed by atoms with Gasteiger partial charge in [-0.05, 0) is 53.8 Å². The Morgan fingerprint density at radius 2 is 1.75 bits per heavy atom. The van der Waals surface area contributed by atoms with Crippen LogP contribution in [-0.4, -0.2) is 23.7 Å². The van der Waals surface area contributed by atoms with Crippen molar-refractivity contribution in [1.82, 2.24) is 10.4 Å². The summed E-state index contributed by atoms with van der Waals surface area (Å²) in [7, 11) is 0. The lowest BCUT2D eigenvalue weighted by Crippen LogP contribution is -2.21. The third-order valence-electron chi connectivity index (χ3n) is 5.97. The Bertz CT molecular complexity index is 1480. The van der Waals surface area contributed by atoms with Crippen molar-refractivity contribution in [3.63, 3.8) is 0 Å². The molecular formula is C30H26N4OS. The lowest BCUT2D eigenvalue weighted by Gasteiger charge is -2.23. The lowest BCUT2D eigenvalue weighted by atomic mass is 10.1. The average molecular weight is 491 g/mol. The number of hydrazone groups is 1. The minimum Gasteiger partial charge on any atom is -0.367 e. The molecule has 0 atom stereocenters. The summed E-state index contributed by atoms with van der Waals surface area (Å²) in [6.07, 6.45) is 1.67. The van der Waals surface area contributed by atoms with Crippen LogP contribution in [0.3, 0.4) is 0 Å². The highest BCUT2D eigenvalue weighted by atomic mass is 32.1. The van der Waals surface area contributed by atoms with Crippen molar-refractivity contribution < 1.29 is 4.79 Å². The summed E-state index contributed by atoms with van der Waals surface area (Å²) in [5.74, 6) is -0.265. The van der Waals surface area contributed by atoms with Gasteiger partial charge in [0.05, 0.1) is 27.9 Å². The summed E-state index contributed by atoms with van der Waals surface area (Å²) < 4.78 is 0. The van der Waals surface area contributed by atoms with Crippen LogP contribution in [0.25, 0.3) is 21.5 Å². The Balaban J connectivity index is 1.30. The number of benzene rings is 3. The maximum atomic E-state index is 13.1. The number of amides is 1. The second-order valence-electron chi connectivity index (χ2n) is 8.34. The Morgan fingerprint density at radius 3 is 2.50 bits per heavy atom. The fourth-order valence-corrected chi connectivity index (χ4v) is 4.79. The number of pyridine rings is 1. The van der Waals surface area contributed by atoms with Crippen LogP contribution in [0.1, 0.15) is 28.4 Å². The monoisotopic (exact) mass is 490 g/mol. The van der Waals surface area contributed by atoms with Gasteiger partial charge in [0, 0.05) is 24.2 Å². The van der Waals surface area contributed by atoms with Crippen molar-refractivity contribution in [1.29, 1.82) is 0 Å². The van der Waals surface area contributed by atoms with Crippen molar-refractivity contribution in [3.8, 4) is 10.6 Å². The first-order chi connectivity index (χ1) is 17.7. The van der Waals surface area contributed by atoms with Crippen LogP contribution >= 0.6 is 11.3 Å². The second kappa shape index (κ2) is 11.0. The van der Waals surface area contributed by atoms with Gasteiger partial charge in [-0.25, -0.2) is 10.4 Å². The number of aromatic nitrogens is 1. The van der Waals surface area contributed by atoms with Gasteiger partial charge in [0.1, 0.15) is 0 Å². The fraction of sp³-hybridized carbons (Fsp3) is 0.100. The molecule has 2 heterocycles. The maximum absolute atomic E-state index is 13.1. The Labute approximate surface area is 214 Å². The topological polar surface area (TPSA) is 57.6 Å². The number of hydrogen-bond acceptors (Lipinski definition) is 5. The van der Waals surface area contributed by atoms with Gasteiger partial charge in [-0.15, -0.1) is 11.3 Å². The molecule has 0 unspecified atom stereocenters. The van der Waals surface area contributed by atoms with Gasteiger partial charge >= 0.3 is 0 Å². The van der Waals surface area contributed by atoms with Gasteiger partial charge in [0.25, 0.3) is 5.91 Å². The van der Waals surface area contributed by atoms with Crippen LogP contribution in [-0.2, 0) is 6.54 Å². The molecule has 0 spiro atoms. The van der Waals surface area contributed by atoms with E-state index >= 15 is 0 Å². The molecule has 1 N–H and O–H groups in total. The zero-order chi connectivity index (χ0) is 24.7. The van der Waals surface area contributed by atoms with E-state index in [9.17, 15) is 4.79 Å². The van der Waals surface area contributed by atoms with Crippen LogP contribution in [0.2, 0.25) is 0 Å². The minimum atomic E-state index is -0.265. The number of thiophene rings is 1. The summed E-state index contributed by atoms with van der Waals surface area (Å²) >= 11 is 1.60. The van der Waals surface area contributed by atoms with Crippen LogP contribution in [0.5, 0.6) is 0 Å². The van der Waals surface area contributed by atoms with Crippen LogP contribution in [0.15, 0.2) is 108 Å². The molecule has 0 radical (unpaired) electrons. The molecule has 0 fully saturated rings. The van der Waals surface area contributed by atoms with Gasteiger partial charge in [-0.2, -0.15) is 5.10 Å². The highest BCUT2D eigenvalue weighted by Gasteiger charge is 2.14. The van der Waals surface area contributed by atoms with Gasteiger partial charge in [0.2, 0.25) is 0 Å². The number of para-hydroxylation sites is 1. The van der Waals surface area contributed by atoms with Crippen molar-refractivity contribution >= 4 is 40.0 Å². The quantitative estimate of drug-likeness (QED) is 0.193. The Kier molecular flexibility index (Phi) is 7.15. The fourth-order valence-electron chi connectivity index (χ4n) is 4.10. The first kappa shape index (κ1) is 23.5. The predicted molar refractivity (Wildman–Crippen MR) is 150 cm³/mol. The summed E-state index contributed by atoms with van der Waals surface area (Å²) in [5, 5.41) is 7.03. The minimum absolute atomic E-state index is 0.265. The third kappa shape index (κ3) is 5.34. The first-order valence-electron chi connectivity index (χ1n) is 11.9. The molecule has 3 aromatic carbocycles. The molecule has 0 aliphatic heterocycles. The van der Waals surface area contributed by atoms with E-state index < -0.39 is 0 Å². The molecule has 6 heteroatoms. The lowest BCUT2D eigenvalue weighted by molar-refractivity contribution is 0.0956. The zero-order valence-corrected chi connectivity index (χ0v) is 20.8. The van der Waals surface area contributed by atoms with E-state index in [1.54, 1.807) is 17.6 Å². The number of carbonyl (C=O) groups is 1. The Hall–Kier alpha value is -4.29. The Morgan fingerprint density at radius 1 is 0.972 bits per heavy atom. The number of nitrogens with one attached hydrogen (secondary N) is 1. The third-order valence-corrected chi connectivity index (χ3v) is 6.86. The van der Waals surface area contributed by atoms with E-state index in [4.69, 9.17) is 4.98 Å². The highest BCUT2D eigenvalue weighted by molar-refractivity contribution is 7.13. The molecule has 36 heavy (non-hydrogen) atoms. The van der Waals surface area contributed by atoms with E-state index in [-0.39, 0.29) is 5.91 Å². The number of carbonyl (C=O) groups excluding carboxylic acids is 1. The average Bonchev–Trinajstić information content (AvgIpc) is 3.47. The molecule has 2 aromatic heterocycles. The molecule has 0 saturated carbocycles. The molecule has 5 nitrogen and oxygen atoms in total. The summed E-state index contributed by atoms with van der Waals surface area (Å²) in [6, 6.07) is 32.1. The van der Waals surface area contributed by atoms with Crippen molar-refractivity contribution in [2.24, 2.45) is 5.10 Å². The number of fused-ring (bicyclic) bond motifs is 1. The molecule has 0 aliphatic rings. The summed E-state index contributed by atoms with van der Waals surface area (Å²) in [4.78, 5) is 21.1. The SMILES string of the molecule is CCN(Cc1ccccc1)c1ccc(C=NNC(=O)c2cc(-c3cccs3)nc3ccccc23)cc1. The molecule has 1 amide bonds. The molecular weight excluding hydrogens is 464 g/mol.